The van der Waals surface area contributed by atoms with Crippen molar-refractivity contribution in [1.82, 2.24) is 10.3 Å². The number of pyridine rings is 1. The summed E-state index contributed by atoms with van der Waals surface area (Å²) < 4.78 is 0. The first-order valence-electron chi connectivity index (χ1n) is 8.38. The molecular weight excluding hydrogens is 362 g/mol. The fourth-order valence-corrected chi connectivity index (χ4v) is 2.72. The van der Waals surface area contributed by atoms with Crippen molar-refractivity contribution in [2.45, 2.75) is 13.5 Å². The maximum Gasteiger partial charge on any atom is 0.255 e. The second-order valence-corrected chi connectivity index (χ2v) is 6.43. The predicted octanol–water partition coefficient (Wildman–Crippen LogP) is 4.23. The van der Waals surface area contributed by atoms with Gasteiger partial charge in [-0.1, -0.05) is 35.9 Å². The second kappa shape index (κ2) is 8.47. The average Bonchev–Trinajstić information content (AvgIpc) is 2.69. The van der Waals surface area contributed by atoms with Crippen molar-refractivity contribution in [3.8, 4) is 0 Å². The third kappa shape index (κ3) is 4.71. The number of nitrogens with zero attached hydrogens (tertiary/aromatic N) is 1. The Balaban J connectivity index is 1.77. The number of rotatable bonds is 5. The van der Waals surface area contributed by atoms with E-state index in [1.807, 2.05) is 25.1 Å². The van der Waals surface area contributed by atoms with Gasteiger partial charge in [0.15, 0.2) is 0 Å². The van der Waals surface area contributed by atoms with Gasteiger partial charge in [-0.25, -0.2) is 0 Å². The standard InChI is InChI=1S/C21H18ClN3O2/c1-14-3-2-4-18(19(14)25-20(26)16-9-11-23-12-10-16)21(27)24-13-15-5-7-17(22)8-6-15/h2-12H,13H2,1H3,(H,24,27)(H,25,26). The molecule has 5 nitrogen and oxygen atoms in total. The molecule has 2 aromatic carbocycles. The minimum atomic E-state index is -0.293. The molecule has 136 valence electrons. The molecule has 0 unspecified atom stereocenters. The molecule has 0 spiro atoms. The van der Waals surface area contributed by atoms with E-state index in [4.69, 9.17) is 11.6 Å². The molecule has 6 heteroatoms. The third-order valence-corrected chi connectivity index (χ3v) is 4.32. The fourth-order valence-electron chi connectivity index (χ4n) is 2.59. The fraction of sp³-hybridized carbons (Fsp3) is 0.0952. The maximum atomic E-state index is 12.7. The minimum absolute atomic E-state index is 0.265. The zero-order valence-electron chi connectivity index (χ0n) is 14.7. The van der Waals surface area contributed by atoms with Crippen LogP contribution >= 0.6 is 11.6 Å². The second-order valence-electron chi connectivity index (χ2n) is 6.00. The number of amides is 2. The molecule has 0 fully saturated rings. The number of carbonyl (C=O) groups is 2. The van der Waals surface area contributed by atoms with Crippen LogP contribution in [0.5, 0.6) is 0 Å². The lowest BCUT2D eigenvalue weighted by Gasteiger charge is -2.14. The Kier molecular flexibility index (Phi) is 5.84. The van der Waals surface area contributed by atoms with E-state index in [9.17, 15) is 9.59 Å². The van der Waals surface area contributed by atoms with E-state index in [-0.39, 0.29) is 11.8 Å². The molecule has 0 aliphatic rings. The van der Waals surface area contributed by atoms with Crippen LogP contribution in [0.15, 0.2) is 67.0 Å². The van der Waals surface area contributed by atoms with Crippen molar-refractivity contribution in [3.05, 3.63) is 94.3 Å². The summed E-state index contributed by atoms with van der Waals surface area (Å²) in [6.45, 7) is 2.21. The first-order valence-corrected chi connectivity index (χ1v) is 8.76. The van der Waals surface area contributed by atoms with Gasteiger partial charge in [0.2, 0.25) is 0 Å². The molecule has 0 aliphatic carbocycles. The van der Waals surface area contributed by atoms with Crippen molar-refractivity contribution in [2.75, 3.05) is 5.32 Å². The topological polar surface area (TPSA) is 71.1 Å². The largest absolute Gasteiger partial charge is 0.348 e. The molecule has 0 atom stereocenters. The van der Waals surface area contributed by atoms with Gasteiger partial charge in [-0.05, 0) is 48.4 Å². The number of hydrogen-bond acceptors (Lipinski definition) is 3. The van der Waals surface area contributed by atoms with Crippen molar-refractivity contribution < 1.29 is 9.59 Å². The number of nitrogens with one attached hydrogen (secondary N) is 2. The van der Waals surface area contributed by atoms with Crippen LogP contribution < -0.4 is 10.6 Å². The van der Waals surface area contributed by atoms with Crippen LogP contribution in [0.4, 0.5) is 5.69 Å². The van der Waals surface area contributed by atoms with Crippen LogP contribution in [0.2, 0.25) is 5.02 Å². The first-order chi connectivity index (χ1) is 13.0. The summed E-state index contributed by atoms with van der Waals surface area (Å²) in [5.74, 6) is -0.558. The van der Waals surface area contributed by atoms with Gasteiger partial charge in [-0.3, -0.25) is 14.6 Å². The van der Waals surface area contributed by atoms with Crippen LogP contribution in [0.1, 0.15) is 31.8 Å². The highest BCUT2D eigenvalue weighted by Gasteiger charge is 2.16. The highest BCUT2D eigenvalue weighted by Crippen LogP contribution is 2.21. The van der Waals surface area contributed by atoms with Gasteiger partial charge in [0.25, 0.3) is 11.8 Å². The normalized spacial score (nSPS) is 10.3. The number of halogens is 1. The van der Waals surface area contributed by atoms with Crippen LogP contribution in [0, 0.1) is 6.92 Å². The summed E-state index contributed by atoms with van der Waals surface area (Å²) >= 11 is 5.88. The first kappa shape index (κ1) is 18.6. The summed E-state index contributed by atoms with van der Waals surface area (Å²) in [6.07, 6.45) is 3.10. The molecule has 2 N–H and O–H groups in total. The lowest BCUT2D eigenvalue weighted by atomic mass is 10.1. The van der Waals surface area contributed by atoms with Crippen LogP contribution in [0.3, 0.4) is 0 Å². The predicted molar refractivity (Wildman–Crippen MR) is 106 cm³/mol. The number of aryl methyl sites for hydroxylation is 1. The third-order valence-electron chi connectivity index (χ3n) is 4.06. The van der Waals surface area contributed by atoms with Gasteiger partial charge in [-0.2, -0.15) is 0 Å². The van der Waals surface area contributed by atoms with E-state index < -0.39 is 0 Å². The molecule has 0 saturated carbocycles. The molecule has 1 aromatic heterocycles. The summed E-state index contributed by atoms with van der Waals surface area (Å²) in [4.78, 5) is 29.1. The Hall–Kier alpha value is -3.18. The molecule has 0 saturated heterocycles. The maximum absolute atomic E-state index is 12.7. The van der Waals surface area contributed by atoms with E-state index in [1.165, 1.54) is 0 Å². The number of benzene rings is 2. The zero-order chi connectivity index (χ0) is 19.2. The van der Waals surface area contributed by atoms with Crippen LogP contribution in [0.25, 0.3) is 0 Å². The Morgan fingerprint density at radius 2 is 1.67 bits per heavy atom. The highest BCUT2D eigenvalue weighted by molar-refractivity contribution is 6.30. The van der Waals surface area contributed by atoms with E-state index in [0.29, 0.717) is 28.4 Å². The SMILES string of the molecule is Cc1cccc(C(=O)NCc2ccc(Cl)cc2)c1NC(=O)c1ccncc1. The van der Waals surface area contributed by atoms with Gasteiger partial charge in [0, 0.05) is 29.5 Å². The average molecular weight is 380 g/mol. The highest BCUT2D eigenvalue weighted by atomic mass is 35.5. The van der Waals surface area contributed by atoms with E-state index in [1.54, 1.807) is 48.8 Å². The Morgan fingerprint density at radius 1 is 0.963 bits per heavy atom. The summed E-state index contributed by atoms with van der Waals surface area (Å²) in [5.41, 5.74) is 3.11. The number of carbonyl (C=O) groups excluding carboxylic acids is 2. The van der Waals surface area contributed by atoms with Crippen LogP contribution in [-0.2, 0) is 6.54 Å². The Labute approximate surface area is 162 Å². The number of para-hydroxylation sites is 1. The van der Waals surface area contributed by atoms with E-state index in [2.05, 4.69) is 15.6 Å². The molecule has 3 aromatic rings. The molecule has 0 bridgehead atoms. The molecular formula is C21H18ClN3O2. The molecule has 2 amide bonds. The Bertz CT molecular complexity index is 957. The smallest absolute Gasteiger partial charge is 0.255 e. The summed E-state index contributed by atoms with van der Waals surface area (Å²) in [5, 5.41) is 6.35. The minimum Gasteiger partial charge on any atom is -0.348 e. The van der Waals surface area contributed by atoms with Crippen molar-refractivity contribution in [1.29, 1.82) is 0 Å². The van der Waals surface area contributed by atoms with Gasteiger partial charge >= 0.3 is 0 Å². The number of anilines is 1. The van der Waals surface area contributed by atoms with Crippen LogP contribution in [-0.4, -0.2) is 16.8 Å². The summed E-state index contributed by atoms with van der Waals surface area (Å²) in [7, 11) is 0. The van der Waals surface area contributed by atoms with Gasteiger partial charge in [0.05, 0.1) is 11.3 Å². The molecule has 1 heterocycles. The van der Waals surface area contributed by atoms with Crippen molar-refractivity contribution in [2.24, 2.45) is 0 Å². The molecule has 0 radical (unpaired) electrons. The van der Waals surface area contributed by atoms with Crippen molar-refractivity contribution in [3.63, 3.8) is 0 Å². The molecule has 27 heavy (non-hydrogen) atoms. The van der Waals surface area contributed by atoms with Gasteiger partial charge < -0.3 is 10.6 Å². The molecule has 3 rings (SSSR count). The van der Waals surface area contributed by atoms with E-state index >= 15 is 0 Å². The zero-order valence-corrected chi connectivity index (χ0v) is 15.5. The van der Waals surface area contributed by atoms with Crippen molar-refractivity contribution >= 4 is 29.1 Å². The quantitative estimate of drug-likeness (QED) is 0.697. The lowest BCUT2D eigenvalue weighted by Crippen LogP contribution is -2.25. The molecule has 0 aliphatic heterocycles. The lowest BCUT2D eigenvalue weighted by molar-refractivity contribution is 0.0951. The number of hydrogen-bond donors (Lipinski definition) is 2. The Morgan fingerprint density at radius 3 is 2.37 bits per heavy atom. The summed E-state index contributed by atoms with van der Waals surface area (Å²) in [6, 6.07) is 15.8. The van der Waals surface area contributed by atoms with Gasteiger partial charge in [0.1, 0.15) is 0 Å². The van der Waals surface area contributed by atoms with E-state index in [0.717, 1.165) is 11.1 Å². The van der Waals surface area contributed by atoms with Gasteiger partial charge in [-0.15, -0.1) is 0 Å². The number of aromatic nitrogens is 1. The monoisotopic (exact) mass is 379 g/mol.